The first-order valence-electron chi connectivity index (χ1n) is 14.7. The molecule has 3 heteroatoms. The molecule has 0 unspecified atom stereocenters. The van der Waals surface area contributed by atoms with Gasteiger partial charge in [-0.25, -0.2) is 4.79 Å². The van der Waals surface area contributed by atoms with Gasteiger partial charge in [0.05, 0.1) is 0 Å². The second kappa shape index (κ2) is 10.3. The van der Waals surface area contributed by atoms with Gasteiger partial charge in [0.2, 0.25) is 0 Å². The van der Waals surface area contributed by atoms with Crippen LogP contribution in [0.3, 0.4) is 0 Å². The Kier molecular flexibility index (Phi) is 6.84. The van der Waals surface area contributed by atoms with E-state index in [-0.39, 0.29) is 22.9 Å². The van der Waals surface area contributed by atoms with Gasteiger partial charge >= 0.3 is 5.97 Å². The minimum atomic E-state index is -0.317. The molecule has 6 atom stereocenters. The van der Waals surface area contributed by atoms with Crippen LogP contribution in [-0.2, 0) is 14.3 Å². The summed E-state index contributed by atoms with van der Waals surface area (Å²) in [6, 6.07) is 19.6. The number of benzene rings is 2. The molecule has 6 rings (SSSR count). The highest BCUT2D eigenvalue weighted by Gasteiger charge is 2.60. The Morgan fingerprint density at radius 2 is 1.64 bits per heavy atom. The molecule has 4 aliphatic rings. The zero-order valence-electron chi connectivity index (χ0n) is 23.1. The van der Waals surface area contributed by atoms with E-state index in [0.717, 1.165) is 56.1 Å². The Morgan fingerprint density at radius 3 is 2.41 bits per heavy atom. The van der Waals surface area contributed by atoms with E-state index in [0.29, 0.717) is 35.5 Å². The molecule has 0 aliphatic heterocycles. The van der Waals surface area contributed by atoms with Crippen molar-refractivity contribution in [2.75, 3.05) is 0 Å². The molecule has 39 heavy (non-hydrogen) atoms. The Morgan fingerprint density at radius 1 is 0.897 bits per heavy atom. The van der Waals surface area contributed by atoms with Gasteiger partial charge in [-0.15, -0.1) is 0 Å². The number of fused-ring (bicyclic) bond motifs is 5. The summed E-state index contributed by atoms with van der Waals surface area (Å²) in [7, 11) is 0. The molecule has 0 saturated heterocycles. The van der Waals surface area contributed by atoms with Crippen molar-refractivity contribution >= 4 is 17.8 Å². The molecular formula is C36H38O3. The first kappa shape index (κ1) is 25.9. The zero-order valence-corrected chi connectivity index (χ0v) is 23.1. The van der Waals surface area contributed by atoms with Gasteiger partial charge in [0.1, 0.15) is 11.7 Å². The summed E-state index contributed by atoms with van der Waals surface area (Å²) in [5, 5.41) is 0. The lowest BCUT2D eigenvalue weighted by Gasteiger charge is -2.57. The van der Waals surface area contributed by atoms with Crippen LogP contribution in [0.15, 0.2) is 77.9 Å². The molecule has 3 nitrogen and oxygen atoms in total. The van der Waals surface area contributed by atoms with Crippen LogP contribution < -0.4 is 0 Å². The van der Waals surface area contributed by atoms with Crippen molar-refractivity contribution in [3.8, 4) is 11.8 Å². The first-order chi connectivity index (χ1) is 18.9. The maximum atomic E-state index is 13.7. The van der Waals surface area contributed by atoms with E-state index in [4.69, 9.17) is 4.74 Å². The summed E-state index contributed by atoms with van der Waals surface area (Å²) in [5.74, 6) is 8.11. The monoisotopic (exact) mass is 518 g/mol. The highest BCUT2D eigenvalue weighted by atomic mass is 16.5. The van der Waals surface area contributed by atoms with Crippen LogP contribution in [0, 0.1) is 40.4 Å². The molecule has 2 aromatic carbocycles. The summed E-state index contributed by atoms with van der Waals surface area (Å²) in [6.45, 7) is 4.79. The smallest absolute Gasteiger partial charge is 0.347 e. The van der Waals surface area contributed by atoms with E-state index in [2.05, 4.69) is 25.7 Å². The molecule has 0 heterocycles. The number of ketones is 1. The topological polar surface area (TPSA) is 43.4 Å². The summed E-state index contributed by atoms with van der Waals surface area (Å²) in [4.78, 5) is 25.8. The van der Waals surface area contributed by atoms with E-state index in [1.807, 2.05) is 72.8 Å². The van der Waals surface area contributed by atoms with Gasteiger partial charge in [-0.3, -0.25) is 4.79 Å². The molecule has 0 aromatic heterocycles. The van der Waals surface area contributed by atoms with E-state index in [1.54, 1.807) is 0 Å². The van der Waals surface area contributed by atoms with Gasteiger partial charge in [0.15, 0.2) is 5.78 Å². The third-order valence-corrected chi connectivity index (χ3v) is 10.6. The van der Waals surface area contributed by atoms with Crippen LogP contribution in [0.4, 0.5) is 0 Å². The van der Waals surface area contributed by atoms with Crippen molar-refractivity contribution < 1.29 is 14.3 Å². The predicted molar refractivity (Wildman–Crippen MR) is 154 cm³/mol. The van der Waals surface area contributed by atoms with Crippen molar-refractivity contribution in [1.82, 2.24) is 0 Å². The Bertz CT molecular complexity index is 1370. The van der Waals surface area contributed by atoms with E-state index >= 15 is 0 Å². The maximum absolute atomic E-state index is 13.7. The number of esters is 1. The minimum Gasteiger partial charge on any atom is -0.458 e. The highest BCUT2D eigenvalue weighted by molar-refractivity contribution is 5.99. The van der Waals surface area contributed by atoms with Crippen LogP contribution in [0.2, 0.25) is 0 Å². The van der Waals surface area contributed by atoms with Crippen LogP contribution in [0.1, 0.15) is 76.3 Å². The lowest BCUT2D eigenvalue weighted by molar-refractivity contribution is -0.154. The lowest BCUT2D eigenvalue weighted by Crippen LogP contribution is -2.51. The summed E-state index contributed by atoms with van der Waals surface area (Å²) < 4.78 is 6.37. The summed E-state index contributed by atoms with van der Waals surface area (Å²) >= 11 is 0. The van der Waals surface area contributed by atoms with Gasteiger partial charge < -0.3 is 4.74 Å². The predicted octanol–water partition coefficient (Wildman–Crippen LogP) is 7.57. The molecule has 0 spiro atoms. The number of rotatable bonds is 3. The molecular weight excluding hydrogens is 480 g/mol. The van der Waals surface area contributed by atoms with Crippen LogP contribution in [-0.4, -0.2) is 17.9 Å². The number of carbonyl (C=O) groups is 2. The average molecular weight is 519 g/mol. The molecule has 2 aromatic rings. The van der Waals surface area contributed by atoms with Crippen LogP contribution >= 0.6 is 0 Å². The quantitative estimate of drug-likeness (QED) is 0.239. The average Bonchev–Trinajstić information content (AvgIpc) is 3.28. The molecule has 200 valence electrons. The Balaban J connectivity index is 1.23. The molecule has 3 saturated carbocycles. The van der Waals surface area contributed by atoms with Crippen molar-refractivity contribution in [2.24, 2.45) is 28.6 Å². The van der Waals surface area contributed by atoms with E-state index in [9.17, 15) is 9.59 Å². The lowest BCUT2D eigenvalue weighted by atomic mass is 9.47. The molecule has 3 fully saturated rings. The molecule has 0 radical (unpaired) electrons. The maximum Gasteiger partial charge on any atom is 0.347 e. The second-order valence-electron chi connectivity index (χ2n) is 12.6. The highest BCUT2D eigenvalue weighted by Crippen LogP contribution is 2.65. The van der Waals surface area contributed by atoms with E-state index in [1.165, 1.54) is 5.57 Å². The normalized spacial score (nSPS) is 33.5. The van der Waals surface area contributed by atoms with Crippen molar-refractivity contribution in [3.63, 3.8) is 0 Å². The largest absolute Gasteiger partial charge is 0.458 e. The molecule has 0 N–H and O–H groups in total. The number of hydrogen-bond acceptors (Lipinski definition) is 3. The van der Waals surface area contributed by atoms with Gasteiger partial charge in [0, 0.05) is 17.4 Å². The minimum absolute atomic E-state index is 0.0103. The number of carbonyl (C=O) groups excluding carboxylic acids is 2. The summed E-state index contributed by atoms with van der Waals surface area (Å²) in [6.07, 6.45) is 11.9. The standard InChI is InChI=1S/C36H38O3/c1-35-21-19-29(37)24-28(35)15-16-30-31-17-18-33(36(31,2)22-20-32(30)35)39-34(38)27(23-26-11-7-4-8-12-26)14-13-25-9-5-3-6-10-25/h3-12,23-24,30-33H,15-22H2,1-2H3/b27-23+/t30-,31+,32+,33+,35+,36+/m1/s1. The van der Waals surface area contributed by atoms with E-state index < -0.39 is 0 Å². The third kappa shape index (κ3) is 4.80. The van der Waals surface area contributed by atoms with Gasteiger partial charge in [0.25, 0.3) is 0 Å². The number of hydrogen-bond donors (Lipinski definition) is 0. The SMILES string of the molecule is C[C@]12CC[C@H]3[C@H](CCC4=CC(=O)CC[C@@]43C)[C@@H]1CC[C@@H]2OC(=O)/C(C#Cc1ccccc1)=C/c1ccccc1. The van der Waals surface area contributed by atoms with Crippen molar-refractivity contribution in [1.29, 1.82) is 0 Å². The second-order valence-corrected chi connectivity index (χ2v) is 12.6. The van der Waals surface area contributed by atoms with Gasteiger partial charge in [-0.1, -0.05) is 79.8 Å². The van der Waals surface area contributed by atoms with Crippen molar-refractivity contribution in [3.05, 3.63) is 89.0 Å². The molecule has 0 bridgehead atoms. The van der Waals surface area contributed by atoms with Crippen LogP contribution in [0.25, 0.3) is 6.08 Å². The number of allylic oxidation sites excluding steroid dienone is 1. The third-order valence-electron chi connectivity index (χ3n) is 10.6. The molecule has 0 amide bonds. The fourth-order valence-corrected chi connectivity index (χ4v) is 8.42. The number of ether oxygens (including phenoxy) is 1. The van der Waals surface area contributed by atoms with Gasteiger partial charge in [-0.2, -0.15) is 0 Å². The Labute approximate surface area is 232 Å². The summed E-state index contributed by atoms with van der Waals surface area (Å²) in [5.41, 5.74) is 3.76. The fraction of sp³-hybridized carbons (Fsp3) is 0.444. The van der Waals surface area contributed by atoms with Gasteiger partial charge in [-0.05, 0) is 98.0 Å². The molecule has 4 aliphatic carbocycles. The van der Waals surface area contributed by atoms with Crippen LogP contribution in [0.5, 0.6) is 0 Å². The Hall–Kier alpha value is -3.38. The van der Waals surface area contributed by atoms with Crippen molar-refractivity contribution in [2.45, 2.75) is 71.3 Å². The zero-order chi connectivity index (χ0) is 27.0. The fourth-order valence-electron chi connectivity index (χ4n) is 8.42. The first-order valence-corrected chi connectivity index (χ1v) is 14.7.